The van der Waals surface area contributed by atoms with E-state index in [1.54, 1.807) is 0 Å². The topological polar surface area (TPSA) is 49.5 Å². The summed E-state index contributed by atoms with van der Waals surface area (Å²) in [4.78, 5) is 2.84. The molecule has 102 valence electrons. The van der Waals surface area contributed by atoms with Gasteiger partial charge in [0.1, 0.15) is 4.99 Å². The first kappa shape index (κ1) is 12.9. The molecule has 0 spiro atoms. The number of benzene rings is 1. The molecule has 3 atom stereocenters. The minimum Gasteiger partial charge on any atom is -0.393 e. The molecule has 0 aromatic heterocycles. The van der Waals surface area contributed by atoms with Gasteiger partial charge in [0, 0.05) is 30.3 Å². The van der Waals surface area contributed by atoms with Gasteiger partial charge >= 0.3 is 0 Å². The Bertz CT molecular complexity index is 517. The number of fused-ring (bicyclic) bond motifs is 1. The van der Waals surface area contributed by atoms with Gasteiger partial charge in [0.2, 0.25) is 0 Å². The standard InChI is InChI=1S/C15H20N2OS/c1-9-6-11(3-4-12(9)15(16)19)17-7-10-2-5-14(18)13(10)8-17/h3-4,6,10,13-14,18H,2,5,7-8H2,1H3,(H2,16,19). The van der Waals surface area contributed by atoms with Crippen LogP contribution in [0.3, 0.4) is 0 Å². The first-order valence-corrected chi connectivity index (χ1v) is 7.30. The summed E-state index contributed by atoms with van der Waals surface area (Å²) >= 11 is 5.04. The summed E-state index contributed by atoms with van der Waals surface area (Å²) in [7, 11) is 0. The lowest BCUT2D eigenvalue weighted by molar-refractivity contribution is 0.133. The highest BCUT2D eigenvalue weighted by atomic mass is 32.1. The van der Waals surface area contributed by atoms with Gasteiger partial charge in [-0.1, -0.05) is 12.2 Å². The van der Waals surface area contributed by atoms with Gasteiger partial charge in [-0.05, 0) is 49.4 Å². The molecule has 2 fully saturated rings. The SMILES string of the molecule is Cc1cc(N2CC3CCC(O)C3C2)ccc1C(N)=S. The van der Waals surface area contributed by atoms with Crippen molar-refractivity contribution in [2.24, 2.45) is 17.6 Å². The molecule has 0 amide bonds. The van der Waals surface area contributed by atoms with Crippen LogP contribution in [0.4, 0.5) is 5.69 Å². The zero-order valence-electron chi connectivity index (χ0n) is 11.2. The molecule has 3 unspecified atom stereocenters. The van der Waals surface area contributed by atoms with E-state index in [4.69, 9.17) is 18.0 Å². The molecule has 4 heteroatoms. The van der Waals surface area contributed by atoms with Gasteiger partial charge in [0.15, 0.2) is 0 Å². The van der Waals surface area contributed by atoms with Crippen LogP contribution in [0, 0.1) is 18.8 Å². The van der Waals surface area contributed by atoms with E-state index < -0.39 is 0 Å². The van der Waals surface area contributed by atoms with Crippen LogP contribution < -0.4 is 10.6 Å². The van der Waals surface area contributed by atoms with Gasteiger partial charge in [0.05, 0.1) is 6.10 Å². The molecule has 3 N–H and O–H groups in total. The number of hydrogen-bond acceptors (Lipinski definition) is 3. The molecule has 19 heavy (non-hydrogen) atoms. The van der Waals surface area contributed by atoms with E-state index in [1.807, 2.05) is 13.0 Å². The average molecular weight is 276 g/mol. The Balaban J connectivity index is 1.81. The van der Waals surface area contributed by atoms with Crippen LogP contribution in [0.2, 0.25) is 0 Å². The highest BCUT2D eigenvalue weighted by Gasteiger charge is 2.41. The van der Waals surface area contributed by atoms with Gasteiger partial charge in [-0.3, -0.25) is 0 Å². The summed E-state index contributed by atoms with van der Waals surface area (Å²) in [6, 6.07) is 6.26. The Kier molecular flexibility index (Phi) is 3.23. The van der Waals surface area contributed by atoms with E-state index in [-0.39, 0.29) is 6.10 Å². The quantitative estimate of drug-likeness (QED) is 0.809. The van der Waals surface area contributed by atoms with Crippen LogP contribution >= 0.6 is 12.2 Å². The summed E-state index contributed by atoms with van der Waals surface area (Å²) in [6.07, 6.45) is 2.03. The summed E-state index contributed by atoms with van der Waals surface area (Å²) in [5.41, 5.74) is 9.00. The van der Waals surface area contributed by atoms with Gasteiger partial charge in [-0.15, -0.1) is 0 Å². The molecule has 1 heterocycles. The van der Waals surface area contributed by atoms with Gasteiger partial charge in [-0.2, -0.15) is 0 Å². The molecule has 1 saturated carbocycles. The zero-order chi connectivity index (χ0) is 13.6. The van der Waals surface area contributed by atoms with Gasteiger partial charge in [0.25, 0.3) is 0 Å². The maximum absolute atomic E-state index is 9.98. The van der Waals surface area contributed by atoms with E-state index in [2.05, 4.69) is 17.0 Å². The second kappa shape index (κ2) is 4.76. The predicted molar refractivity (Wildman–Crippen MR) is 81.5 cm³/mol. The third-order valence-corrected chi connectivity index (χ3v) is 4.88. The third-order valence-electron chi connectivity index (χ3n) is 4.66. The summed E-state index contributed by atoms with van der Waals surface area (Å²) in [6.45, 7) is 4.08. The Labute approximate surface area is 119 Å². The fraction of sp³-hybridized carbons (Fsp3) is 0.533. The van der Waals surface area contributed by atoms with Crippen LogP contribution in [0.15, 0.2) is 18.2 Å². The van der Waals surface area contributed by atoms with Crippen LogP contribution in [0.25, 0.3) is 0 Å². The summed E-state index contributed by atoms with van der Waals surface area (Å²) < 4.78 is 0. The van der Waals surface area contributed by atoms with Crippen LogP contribution in [0.1, 0.15) is 24.0 Å². The smallest absolute Gasteiger partial charge is 0.104 e. The molecular weight excluding hydrogens is 256 g/mol. The number of rotatable bonds is 2. The normalized spacial score (nSPS) is 29.6. The van der Waals surface area contributed by atoms with Crippen molar-refractivity contribution in [3.63, 3.8) is 0 Å². The number of aliphatic hydroxyl groups is 1. The predicted octanol–water partition coefficient (Wildman–Crippen LogP) is 1.84. The number of anilines is 1. The Morgan fingerprint density at radius 3 is 2.79 bits per heavy atom. The van der Waals surface area contributed by atoms with E-state index in [1.165, 1.54) is 5.69 Å². The minimum absolute atomic E-state index is 0.105. The highest BCUT2D eigenvalue weighted by molar-refractivity contribution is 7.80. The van der Waals surface area contributed by atoms with E-state index >= 15 is 0 Å². The maximum Gasteiger partial charge on any atom is 0.104 e. The molecule has 1 aliphatic heterocycles. The second-order valence-corrected chi connectivity index (χ2v) is 6.28. The van der Waals surface area contributed by atoms with Crippen LogP contribution in [0.5, 0.6) is 0 Å². The first-order valence-electron chi connectivity index (χ1n) is 6.89. The van der Waals surface area contributed by atoms with Crippen molar-refractivity contribution in [2.75, 3.05) is 18.0 Å². The van der Waals surface area contributed by atoms with E-state index in [9.17, 15) is 5.11 Å². The fourth-order valence-electron chi connectivity index (χ4n) is 3.57. The summed E-state index contributed by atoms with van der Waals surface area (Å²) in [5, 5.41) is 9.98. The highest BCUT2D eigenvalue weighted by Crippen LogP contribution is 2.40. The molecule has 3 rings (SSSR count). The fourth-order valence-corrected chi connectivity index (χ4v) is 3.80. The molecule has 0 radical (unpaired) electrons. The van der Waals surface area contributed by atoms with E-state index in [0.29, 0.717) is 16.8 Å². The second-order valence-electron chi connectivity index (χ2n) is 5.84. The average Bonchev–Trinajstić information content (AvgIpc) is 2.91. The van der Waals surface area contributed by atoms with Crippen molar-refractivity contribution >= 4 is 22.9 Å². The molecular formula is C15H20N2OS. The molecule has 1 aliphatic carbocycles. The number of thiocarbonyl (C=S) groups is 1. The molecule has 1 aromatic carbocycles. The van der Waals surface area contributed by atoms with Crippen LogP contribution in [-0.2, 0) is 0 Å². The largest absolute Gasteiger partial charge is 0.393 e. The number of aliphatic hydroxyl groups excluding tert-OH is 1. The molecule has 0 bridgehead atoms. The van der Waals surface area contributed by atoms with Crippen LogP contribution in [-0.4, -0.2) is 29.3 Å². The number of hydrogen-bond donors (Lipinski definition) is 2. The maximum atomic E-state index is 9.98. The lowest BCUT2D eigenvalue weighted by Crippen LogP contribution is -2.24. The van der Waals surface area contributed by atoms with Gasteiger partial charge < -0.3 is 15.7 Å². The van der Waals surface area contributed by atoms with Crippen molar-refractivity contribution in [1.29, 1.82) is 0 Å². The number of aryl methyl sites for hydroxylation is 1. The monoisotopic (exact) mass is 276 g/mol. The summed E-state index contributed by atoms with van der Waals surface area (Å²) in [5.74, 6) is 1.11. The lowest BCUT2D eigenvalue weighted by Gasteiger charge is -2.21. The molecule has 1 aromatic rings. The van der Waals surface area contributed by atoms with Crippen molar-refractivity contribution in [1.82, 2.24) is 0 Å². The molecule has 2 aliphatic rings. The first-order chi connectivity index (χ1) is 9.06. The molecule has 1 saturated heterocycles. The Hall–Kier alpha value is -1.13. The van der Waals surface area contributed by atoms with Crippen molar-refractivity contribution < 1.29 is 5.11 Å². The van der Waals surface area contributed by atoms with Crippen molar-refractivity contribution in [2.45, 2.75) is 25.9 Å². The van der Waals surface area contributed by atoms with Crippen molar-refractivity contribution in [3.8, 4) is 0 Å². The number of nitrogens with two attached hydrogens (primary N) is 1. The molecule has 3 nitrogen and oxygen atoms in total. The third kappa shape index (κ3) is 2.23. The number of nitrogens with zero attached hydrogens (tertiary/aromatic N) is 1. The Morgan fingerprint density at radius 2 is 2.16 bits per heavy atom. The Morgan fingerprint density at radius 1 is 1.37 bits per heavy atom. The van der Waals surface area contributed by atoms with E-state index in [0.717, 1.165) is 37.1 Å². The van der Waals surface area contributed by atoms with Crippen molar-refractivity contribution in [3.05, 3.63) is 29.3 Å². The van der Waals surface area contributed by atoms with Gasteiger partial charge in [-0.25, -0.2) is 0 Å². The zero-order valence-corrected chi connectivity index (χ0v) is 12.0. The lowest BCUT2D eigenvalue weighted by atomic mass is 10.00. The minimum atomic E-state index is -0.105.